The number of pyridine rings is 1. The number of allylic oxidation sites excluding steroid dienone is 10. The van der Waals surface area contributed by atoms with Gasteiger partial charge in [-0.25, -0.2) is 4.79 Å². The summed E-state index contributed by atoms with van der Waals surface area (Å²) < 4.78 is 10.6. The lowest BCUT2D eigenvalue weighted by Gasteiger charge is -2.26. The van der Waals surface area contributed by atoms with Crippen LogP contribution in [0, 0.1) is 0 Å². The Morgan fingerprint density at radius 3 is 2.12 bits per heavy atom. The van der Waals surface area contributed by atoms with E-state index in [1.807, 2.05) is 6.07 Å². The molecule has 0 bridgehead atoms. The molecule has 2 amide bonds. The molecule has 1 aromatic rings. The van der Waals surface area contributed by atoms with Gasteiger partial charge in [-0.2, -0.15) is 0 Å². The maximum Gasteiger partial charge on any atom is 0.329 e. The first-order chi connectivity index (χ1) is 25.5. The quantitative estimate of drug-likeness (QED) is 0.0549. The third-order valence-corrected chi connectivity index (χ3v) is 8.32. The van der Waals surface area contributed by atoms with E-state index in [-0.39, 0.29) is 24.7 Å². The maximum atomic E-state index is 12.8. The van der Waals surface area contributed by atoms with Crippen molar-refractivity contribution < 1.29 is 34.1 Å². The fraction of sp³-hybridized carbons (Fsp3) is 0.561. The van der Waals surface area contributed by atoms with Crippen LogP contribution in [0.3, 0.4) is 0 Å². The average Bonchev–Trinajstić information content (AvgIpc) is 3.17. The minimum absolute atomic E-state index is 0.224. The van der Waals surface area contributed by atoms with Gasteiger partial charge in [0.15, 0.2) is 0 Å². The lowest BCUT2D eigenvalue weighted by atomic mass is 10.1. The van der Waals surface area contributed by atoms with Gasteiger partial charge in [0.05, 0.1) is 32.0 Å². The highest BCUT2D eigenvalue weighted by atomic mass is 16.6. The van der Waals surface area contributed by atoms with Crippen LogP contribution in [0.15, 0.2) is 79.1 Å². The summed E-state index contributed by atoms with van der Waals surface area (Å²) in [6.45, 7) is 5.74. The Bertz CT molecular complexity index is 1270. The standard InChI is InChI=1S/C41H62N4O7/c1-2-3-4-5-6-7-8-9-10-11-12-13-14-15-16-17-18-22-39(48)44-38(41(50)52-37(33-46)34-47)21-19-20-26-42-40(49)35-23-24-36(43-32-35)25-27-45-28-30-51-31-29-45/h3-4,6-7,9-10,12-13,15-16,23-24,32,37-38,46-47H,2,5,8,11,14,17-22,25-31,33-34H2,1H3,(H,42,49)(H,44,48)/b4-3-,7-6-,10-9-,13-12-,16-15-. The van der Waals surface area contributed by atoms with Crippen molar-refractivity contribution in [2.24, 2.45) is 0 Å². The molecule has 1 aliphatic heterocycles. The predicted molar refractivity (Wildman–Crippen MR) is 206 cm³/mol. The molecule has 1 aromatic heterocycles. The molecule has 1 saturated heterocycles. The van der Waals surface area contributed by atoms with Crippen LogP contribution in [0.5, 0.6) is 0 Å². The van der Waals surface area contributed by atoms with Crippen LogP contribution < -0.4 is 10.6 Å². The Kier molecular flexibility index (Phi) is 25.2. The number of rotatable bonds is 27. The van der Waals surface area contributed by atoms with Gasteiger partial charge in [0, 0.05) is 50.9 Å². The van der Waals surface area contributed by atoms with Gasteiger partial charge >= 0.3 is 5.97 Å². The SMILES string of the molecule is CC/C=C\C/C=C\C/C=C\C/C=C\C/C=C\CCCC(=O)NC(CCCCNC(=O)c1ccc(CCN2CCOCC2)nc1)C(=O)OC(CO)CO. The van der Waals surface area contributed by atoms with Crippen LogP contribution in [0.25, 0.3) is 0 Å². The zero-order valence-electron chi connectivity index (χ0n) is 31.1. The van der Waals surface area contributed by atoms with E-state index in [4.69, 9.17) is 9.47 Å². The number of esters is 1. The van der Waals surface area contributed by atoms with Crippen LogP contribution in [0.2, 0.25) is 0 Å². The second-order valence-electron chi connectivity index (χ2n) is 12.6. The van der Waals surface area contributed by atoms with E-state index in [9.17, 15) is 24.6 Å². The van der Waals surface area contributed by atoms with Crippen molar-refractivity contribution in [3.05, 3.63) is 90.3 Å². The van der Waals surface area contributed by atoms with Crippen LogP contribution in [-0.2, 0) is 25.5 Å². The Balaban J connectivity index is 1.66. The molecule has 0 saturated carbocycles. The highest BCUT2D eigenvalue weighted by Crippen LogP contribution is 2.09. The molecule has 288 valence electrons. The third-order valence-electron chi connectivity index (χ3n) is 8.32. The number of carbonyl (C=O) groups excluding carboxylic acids is 3. The molecule has 0 aromatic carbocycles. The van der Waals surface area contributed by atoms with Crippen molar-refractivity contribution in [1.29, 1.82) is 0 Å². The van der Waals surface area contributed by atoms with E-state index >= 15 is 0 Å². The Labute approximate surface area is 310 Å². The molecule has 4 N–H and O–H groups in total. The number of nitrogens with one attached hydrogen (secondary N) is 2. The number of unbranched alkanes of at least 4 members (excludes halogenated alkanes) is 2. The first kappa shape index (κ1) is 44.3. The molecule has 0 aliphatic carbocycles. The largest absolute Gasteiger partial charge is 0.456 e. The van der Waals surface area contributed by atoms with Crippen LogP contribution in [0.1, 0.15) is 93.6 Å². The number of carbonyl (C=O) groups is 3. The van der Waals surface area contributed by atoms with E-state index < -0.39 is 31.3 Å². The molecule has 52 heavy (non-hydrogen) atoms. The Hall–Kier alpha value is -3.90. The molecule has 2 heterocycles. The second kappa shape index (κ2) is 29.7. The minimum Gasteiger partial charge on any atom is -0.456 e. The zero-order chi connectivity index (χ0) is 37.5. The normalized spacial score (nSPS) is 14.8. The van der Waals surface area contributed by atoms with E-state index in [1.165, 1.54) is 0 Å². The van der Waals surface area contributed by atoms with Crippen molar-refractivity contribution >= 4 is 17.8 Å². The number of amides is 2. The number of nitrogens with zero attached hydrogens (tertiary/aromatic N) is 2. The number of hydrogen-bond donors (Lipinski definition) is 4. The molecule has 1 fully saturated rings. The van der Waals surface area contributed by atoms with Crippen molar-refractivity contribution in [1.82, 2.24) is 20.5 Å². The summed E-state index contributed by atoms with van der Waals surface area (Å²) in [6, 6.07) is 2.73. The number of hydrogen-bond acceptors (Lipinski definition) is 9. The smallest absolute Gasteiger partial charge is 0.329 e. The zero-order valence-corrected chi connectivity index (χ0v) is 31.1. The maximum absolute atomic E-state index is 12.8. The molecule has 1 unspecified atom stereocenters. The predicted octanol–water partition coefficient (Wildman–Crippen LogP) is 5.16. The first-order valence-electron chi connectivity index (χ1n) is 19.0. The lowest BCUT2D eigenvalue weighted by molar-refractivity contribution is -0.157. The van der Waals surface area contributed by atoms with Crippen LogP contribution >= 0.6 is 0 Å². The highest BCUT2D eigenvalue weighted by Gasteiger charge is 2.24. The lowest BCUT2D eigenvalue weighted by Crippen LogP contribution is -2.44. The minimum atomic E-state index is -1.05. The van der Waals surface area contributed by atoms with Gasteiger partial charge in [-0.1, -0.05) is 67.7 Å². The van der Waals surface area contributed by atoms with Gasteiger partial charge in [0.2, 0.25) is 5.91 Å². The molecule has 11 nitrogen and oxygen atoms in total. The Morgan fingerprint density at radius 1 is 0.885 bits per heavy atom. The third kappa shape index (κ3) is 21.5. The van der Waals surface area contributed by atoms with Gasteiger partial charge in [0.25, 0.3) is 5.91 Å². The van der Waals surface area contributed by atoms with Crippen LogP contribution in [0.4, 0.5) is 0 Å². The van der Waals surface area contributed by atoms with E-state index in [1.54, 1.807) is 12.3 Å². The molecule has 11 heteroatoms. The van der Waals surface area contributed by atoms with Crippen molar-refractivity contribution in [3.8, 4) is 0 Å². The van der Waals surface area contributed by atoms with Gasteiger partial charge < -0.3 is 30.3 Å². The van der Waals surface area contributed by atoms with Gasteiger partial charge in [-0.15, -0.1) is 0 Å². The summed E-state index contributed by atoms with van der Waals surface area (Å²) in [5.74, 6) is -1.20. The number of aliphatic hydroxyl groups excluding tert-OH is 2. The summed E-state index contributed by atoms with van der Waals surface area (Å²) in [5, 5.41) is 24.3. The highest BCUT2D eigenvalue weighted by molar-refractivity contribution is 5.93. The number of morpholine rings is 1. The van der Waals surface area contributed by atoms with E-state index in [0.717, 1.165) is 83.5 Å². The molecule has 2 rings (SSSR count). The fourth-order valence-corrected chi connectivity index (χ4v) is 5.22. The summed E-state index contributed by atoms with van der Waals surface area (Å²) in [4.78, 5) is 44.9. The average molecular weight is 723 g/mol. The molecular formula is C41H62N4O7. The van der Waals surface area contributed by atoms with Gasteiger partial charge in [-0.05, 0) is 76.3 Å². The first-order valence-corrected chi connectivity index (χ1v) is 19.0. The summed E-state index contributed by atoms with van der Waals surface area (Å²) in [7, 11) is 0. The van der Waals surface area contributed by atoms with E-state index in [2.05, 4.69) is 88.2 Å². The molecule has 1 atom stereocenters. The van der Waals surface area contributed by atoms with E-state index in [0.29, 0.717) is 31.4 Å². The van der Waals surface area contributed by atoms with Gasteiger partial charge in [-0.3, -0.25) is 19.5 Å². The second-order valence-corrected chi connectivity index (χ2v) is 12.6. The van der Waals surface area contributed by atoms with Crippen molar-refractivity contribution in [2.45, 2.75) is 96.1 Å². The number of aliphatic hydroxyl groups is 2. The number of aromatic nitrogens is 1. The molecular weight excluding hydrogens is 660 g/mol. The van der Waals surface area contributed by atoms with Crippen LogP contribution in [-0.4, -0.2) is 103 Å². The monoisotopic (exact) mass is 722 g/mol. The Morgan fingerprint density at radius 2 is 1.52 bits per heavy atom. The van der Waals surface area contributed by atoms with Crippen molar-refractivity contribution in [3.63, 3.8) is 0 Å². The topological polar surface area (TPSA) is 150 Å². The number of ether oxygens (including phenoxy) is 2. The summed E-state index contributed by atoms with van der Waals surface area (Å²) in [6.07, 6.45) is 30.5. The molecule has 1 aliphatic rings. The summed E-state index contributed by atoms with van der Waals surface area (Å²) >= 11 is 0. The fourth-order valence-electron chi connectivity index (χ4n) is 5.22. The molecule has 0 spiro atoms. The summed E-state index contributed by atoms with van der Waals surface area (Å²) in [5.41, 5.74) is 1.41. The van der Waals surface area contributed by atoms with Crippen molar-refractivity contribution in [2.75, 3.05) is 52.6 Å². The molecule has 0 radical (unpaired) electrons. The van der Waals surface area contributed by atoms with Gasteiger partial charge in [0.1, 0.15) is 12.1 Å².